The van der Waals surface area contributed by atoms with Gasteiger partial charge in [-0.15, -0.1) is 0 Å². The summed E-state index contributed by atoms with van der Waals surface area (Å²) in [4.78, 5) is 7.90. The fourth-order valence-electron chi connectivity index (χ4n) is 1.56. The summed E-state index contributed by atoms with van der Waals surface area (Å²) in [6.45, 7) is 0. The monoisotopic (exact) mass is 268 g/mol. The van der Waals surface area contributed by atoms with Gasteiger partial charge in [-0.05, 0) is 23.8 Å². The lowest BCUT2D eigenvalue weighted by molar-refractivity contribution is 0.632. The SMILES string of the molecule is NNC(c1cncnc1)c1cc(Cl)ccc1Cl. The van der Waals surface area contributed by atoms with Gasteiger partial charge in [0.15, 0.2) is 0 Å². The molecule has 3 N–H and O–H groups in total. The Labute approximate surface area is 109 Å². The minimum atomic E-state index is -0.289. The third-order valence-electron chi connectivity index (χ3n) is 2.35. The quantitative estimate of drug-likeness (QED) is 0.663. The molecule has 0 saturated carbocycles. The number of hydrazine groups is 1. The lowest BCUT2D eigenvalue weighted by atomic mass is 10.0. The summed E-state index contributed by atoms with van der Waals surface area (Å²) >= 11 is 12.1. The van der Waals surface area contributed by atoms with Gasteiger partial charge in [-0.1, -0.05) is 23.2 Å². The number of aromatic nitrogens is 2. The predicted octanol–water partition coefficient (Wildman–Crippen LogP) is 2.34. The first-order valence-electron chi connectivity index (χ1n) is 4.88. The topological polar surface area (TPSA) is 63.8 Å². The van der Waals surface area contributed by atoms with Crippen LogP contribution in [-0.2, 0) is 0 Å². The highest BCUT2D eigenvalue weighted by atomic mass is 35.5. The molecule has 4 nitrogen and oxygen atoms in total. The molecular weight excluding hydrogens is 259 g/mol. The molecule has 0 saturated heterocycles. The van der Waals surface area contributed by atoms with Gasteiger partial charge in [0.25, 0.3) is 0 Å². The molecule has 6 heteroatoms. The zero-order chi connectivity index (χ0) is 12.3. The summed E-state index contributed by atoms with van der Waals surface area (Å²) in [6, 6.07) is 4.93. The molecule has 2 aromatic rings. The van der Waals surface area contributed by atoms with Crippen LogP contribution in [0, 0.1) is 0 Å². The van der Waals surface area contributed by atoms with Crippen LogP contribution in [0.4, 0.5) is 0 Å². The van der Waals surface area contributed by atoms with Crippen molar-refractivity contribution >= 4 is 23.2 Å². The maximum Gasteiger partial charge on any atom is 0.115 e. The van der Waals surface area contributed by atoms with E-state index in [9.17, 15) is 0 Å². The molecule has 0 spiro atoms. The molecule has 1 unspecified atom stereocenters. The molecule has 1 aromatic carbocycles. The van der Waals surface area contributed by atoms with Gasteiger partial charge in [-0.25, -0.2) is 15.4 Å². The van der Waals surface area contributed by atoms with E-state index in [1.54, 1.807) is 30.6 Å². The fraction of sp³-hybridized carbons (Fsp3) is 0.0909. The van der Waals surface area contributed by atoms with Crippen molar-refractivity contribution in [1.82, 2.24) is 15.4 Å². The second kappa shape index (κ2) is 5.42. The van der Waals surface area contributed by atoms with Crippen LogP contribution >= 0.6 is 23.2 Å². The van der Waals surface area contributed by atoms with Crippen LogP contribution in [0.1, 0.15) is 17.2 Å². The van der Waals surface area contributed by atoms with Crippen LogP contribution < -0.4 is 11.3 Å². The zero-order valence-electron chi connectivity index (χ0n) is 8.77. The van der Waals surface area contributed by atoms with Gasteiger partial charge in [-0.2, -0.15) is 0 Å². The Hall–Kier alpha value is -1.20. The Bertz CT molecular complexity index is 504. The highest BCUT2D eigenvalue weighted by molar-refractivity contribution is 6.33. The second-order valence-electron chi connectivity index (χ2n) is 3.44. The van der Waals surface area contributed by atoms with Crippen LogP contribution in [0.25, 0.3) is 0 Å². The minimum absolute atomic E-state index is 0.289. The number of benzene rings is 1. The average Bonchev–Trinajstić information content (AvgIpc) is 2.36. The molecule has 0 radical (unpaired) electrons. The summed E-state index contributed by atoms with van der Waals surface area (Å²) in [5, 5.41) is 1.18. The molecule has 0 aliphatic rings. The van der Waals surface area contributed by atoms with Gasteiger partial charge in [0.2, 0.25) is 0 Å². The van der Waals surface area contributed by atoms with E-state index in [-0.39, 0.29) is 6.04 Å². The lowest BCUT2D eigenvalue weighted by Gasteiger charge is -2.17. The number of hydrogen-bond donors (Lipinski definition) is 2. The Morgan fingerprint density at radius 3 is 2.53 bits per heavy atom. The first-order valence-corrected chi connectivity index (χ1v) is 5.64. The highest BCUT2D eigenvalue weighted by Gasteiger charge is 2.16. The van der Waals surface area contributed by atoms with Crippen molar-refractivity contribution in [2.45, 2.75) is 6.04 Å². The van der Waals surface area contributed by atoms with Gasteiger partial charge in [0.1, 0.15) is 6.33 Å². The predicted molar refractivity (Wildman–Crippen MR) is 67.7 cm³/mol. The Morgan fingerprint density at radius 1 is 1.18 bits per heavy atom. The largest absolute Gasteiger partial charge is 0.271 e. The Kier molecular flexibility index (Phi) is 3.91. The van der Waals surface area contributed by atoms with E-state index in [1.165, 1.54) is 6.33 Å². The maximum atomic E-state index is 6.12. The average molecular weight is 269 g/mol. The molecule has 0 bridgehead atoms. The third kappa shape index (κ3) is 2.73. The molecule has 2 rings (SSSR count). The van der Waals surface area contributed by atoms with Gasteiger partial charge in [0, 0.05) is 28.0 Å². The number of nitrogens with two attached hydrogens (primary N) is 1. The van der Waals surface area contributed by atoms with E-state index < -0.39 is 0 Å². The number of halogens is 2. The van der Waals surface area contributed by atoms with Gasteiger partial charge in [0.05, 0.1) is 6.04 Å². The first-order chi connectivity index (χ1) is 8.22. The van der Waals surface area contributed by atoms with E-state index >= 15 is 0 Å². The van der Waals surface area contributed by atoms with Gasteiger partial charge < -0.3 is 0 Å². The summed E-state index contributed by atoms with van der Waals surface area (Å²) in [7, 11) is 0. The Morgan fingerprint density at radius 2 is 1.88 bits per heavy atom. The van der Waals surface area contributed by atoms with Gasteiger partial charge >= 0.3 is 0 Å². The maximum absolute atomic E-state index is 6.12. The van der Waals surface area contributed by atoms with Crippen molar-refractivity contribution in [3.05, 3.63) is 58.1 Å². The van der Waals surface area contributed by atoms with E-state index in [2.05, 4.69) is 15.4 Å². The molecule has 1 aromatic heterocycles. The van der Waals surface area contributed by atoms with Crippen molar-refractivity contribution in [3.8, 4) is 0 Å². The fourth-order valence-corrected chi connectivity index (χ4v) is 1.97. The number of nitrogens with one attached hydrogen (secondary N) is 1. The molecule has 0 fully saturated rings. The zero-order valence-corrected chi connectivity index (χ0v) is 10.3. The van der Waals surface area contributed by atoms with Crippen LogP contribution in [0.2, 0.25) is 10.0 Å². The van der Waals surface area contributed by atoms with Crippen LogP contribution in [-0.4, -0.2) is 9.97 Å². The lowest BCUT2D eigenvalue weighted by Crippen LogP contribution is -2.29. The number of nitrogens with zero attached hydrogens (tertiary/aromatic N) is 2. The molecule has 0 amide bonds. The molecule has 1 heterocycles. The number of hydrogen-bond acceptors (Lipinski definition) is 4. The van der Waals surface area contributed by atoms with Crippen molar-refractivity contribution < 1.29 is 0 Å². The summed E-state index contributed by atoms with van der Waals surface area (Å²) in [5.41, 5.74) is 4.29. The summed E-state index contributed by atoms with van der Waals surface area (Å²) in [6.07, 6.45) is 4.81. The van der Waals surface area contributed by atoms with E-state index in [0.29, 0.717) is 10.0 Å². The Balaban J connectivity index is 2.46. The van der Waals surface area contributed by atoms with E-state index in [0.717, 1.165) is 11.1 Å². The molecule has 0 aliphatic carbocycles. The summed E-state index contributed by atoms with van der Waals surface area (Å²) in [5.74, 6) is 5.55. The third-order valence-corrected chi connectivity index (χ3v) is 2.93. The first kappa shape index (κ1) is 12.3. The molecular formula is C11H10Cl2N4. The highest BCUT2D eigenvalue weighted by Crippen LogP contribution is 2.29. The molecule has 17 heavy (non-hydrogen) atoms. The van der Waals surface area contributed by atoms with Crippen LogP contribution in [0.5, 0.6) is 0 Å². The van der Waals surface area contributed by atoms with E-state index in [4.69, 9.17) is 29.0 Å². The second-order valence-corrected chi connectivity index (χ2v) is 4.28. The van der Waals surface area contributed by atoms with Crippen molar-refractivity contribution in [2.75, 3.05) is 0 Å². The van der Waals surface area contributed by atoms with Gasteiger partial charge in [-0.3, -0.25) is 5.84 Å². The molecule has 88 valence electrons. The van der Waals surface area contributed by atoms with Crippen molar-refractivity contribution in [3.63, 3.8) is 0 Å². The van der Waals surface area contributed by atoms with Crippen molar-refractivity contribution in [2.24, 2.45) is 5.84 Å². The number of rotatable bonds is 3. The normalized spacial score (nSPS) is 12.4. The van der Waals surface area contributed by atoms with Crippen LogP contribution in [0.15, 0.2) is 36.9 Å². The molecule has 1 atom stereocenters. The minimum Gasteiger partial charge on any atom is -0.271 e. The van der Waals surface area contributed by atoms with E-state index in [1.807, 2.05) is 0 Å². The molecule has 0 aliphatic heterocycles. The standard InChI is InChI=1S/C11H10Cl2N4/c12-8-1-2-10(13)9(3-8)11(17-14)7-4-15-6-16-5-7/h1-6,11,17H,14H2. The summed E-state index contributed by atoms with van der Waals surface area (Å²) < 4.78 is 0. The van der Waals surface area contributed by atoms with Crippen molar-refractivity contribution in [1.29, 1.82) is 0 Å². The smallest absolute Gasteiger partial charge is 0.115 e. The van der Waals surface area contributed by atoms with Crippen LogP contribution in [0.3, 0.4) is 0 Å².